The standard InChI is InChI=1S/C12H19NO/c1-9-3-4-11(7-10(9)2)8-12(13)5-6-14/h3-4,7,12,14H,5-6,8,13H2,1-2H3. The number of benzene rings is 1. The van der Waals surface area contributed by atoms with E-state index in [0.717, 1.165) is 6.42 Å². The van der Waals surface area contributed by atoms with E-state index in [-0.39, 0.29) is 12.6 Å². The molecule has 14 heavy (non-hydrogen) atoms. The first-order valence-electron chi connectivity index (χ1n) is 5.06. The molecule has 0 saturated carbocycles. The van der Waals surface area contributed by atoms with Gasteiger partial charge in [0.15, 0.2) is 0 Å². The maximum Gasteiger partial charge on any atom is 0.0445 e. The number of hydrogen-bond acceptors (Lipinski definition) is 2. The minimum absolute atomic E-state index is 0.0714. The van der Waals surface area contributed by atoms with Crippen molar-refractivity contribution in [2.75, 3.05) is 6.61 Å². The van der Waals surface area contributed by atoms with E-state index >= 15 is 0 Å². The number of rotatable bonds is 4. The van der Waals surface area contributed by atoms with Crippen LogP contribution < -0.4 is 5.73 Å². The summed E-state index contributed by atoms with van der Waals surface area (Å²) < 4.78 is 0. The third-order valence-corrected chi connectivity index (χ3v) is 2.57. The van der Waals surface area contributed by atoms with Crippen LogP contribution in [0.15, 0.2) is 18.2 Å². The molecule has 0 aliphatic heterocycles. The highest BCUT2D eigenvalue weighted by Crippen LogP contribution is 2.11. The predicted molar refractivity (Wildman–Crippen MR) is 59.3 cm³/mol. The van der Waals surface area contributed by atoms with E-state index in [1.165, 1.54) is 16.7 Å². The fourth-order valence-electron chi connectivity index (χ4n) is 1.50. The topological polar surface area (TPSA) is 46.2 Å². The summed E-state index contributed by atoms with van der Waals surface area (Å²) in [6, 6.07) is 6.48. The number of nitrogens with two attached hydrogens (primary N) is 1. The van der Waals surface area contributed by atoms with E-state index in [0.29, 0.717) is 6.42 Å². The molecule has 0 fully saturated rings. The van der Waals surface area contributed by atoms with E-state index in [1.54, 1.807) is 0 Å². The van der Waals surface area contributed by atoms with Crippen molar-refractivity contribution in [3.05, 3.63) is 34.9 Å². The normalized spacial score (nSPS) is 12.9. The maximum atomic E-state index is 8.73. The Labute approximate surface area is 85.8 Å². The van der Waals surface area contributed by atoms with E-state index < -0.39 is 0 Å². The molecule has 1 rings (SSSR count). The lowest BCUT2D eigenvalue weighted by Gasteiger charge is -2.11. The van der Waals surface area contributed by atoms with Crippen LogP contribution in [-0.4, -0.2) is 17.8 Å². The van der Waals surface area contributed by atoms with Gasteiger partial charge in [-0.3, -0.25) is 0 Å². The van der Waals surface area contributed by atoms with Crippen LogP contribution in [0.1, 0.15) is 23.1 Å². The van der Waals surface area contributed by atoms with Crippen LogP contribution in [0.2, 0.25) is 0 Å². The quantitative estimate of drug-likeness (QED) is 0.762. The summed E-state index contributed by atoms with van der Waals surface area (Å²) >= 11 is 0. The molecule has 0 bridgehead atoms. The van der Waals surface area contributed by atoms with Crippen LogP contribution in [-0.2, 0) is 6.42 Å². The number of hydrogen-bond donors (Lipinski definition) is 2. The van der Waals surface area contributed by atoms with Gasteiger partial charge in [0, 0.05) is 12.6 Å². The largest absolute Gasteiger partial charge is 0.396 e. The molecule has 3 N–H and O–H groups in total. The second kappa shape index (κ2) is 5.13. The molecule has 1 unspecified atom stereocenters. The third kappa shape index (κ3) is 3.13. The van der Waals surface area contributed by atoms with Gasteiger partial charge in [0.25, 0.3) is 0 Å². The summed E-state index contributed by atoms with van der Waals surface area (Å²) in [5, 5.41) is 8.73. The van der Waals surface area contributed by atoms with Gasteiger partial charge in [-0.1, -0.05) is 18.2 Å². The maximum absolute atomic E-state index is 8.73. The zero-order valence-corrected chi connectivity index (χ0v) is 8.96. The highest BCUT2D eigenvalue weighted by Gasteiger charge is 2.03. The molecular weight excluding hydrogens is 174 g/mol. The molecule has 0 heterocycles. The molecule has 1 aromatic rings. The van der Waals surface area contributed by atoms with Crippen LogP contribution in [0, 0.1) is 13.8 Å². The summed E-state index contributed by atoms with van der Waals surface area (Å²) in [5.41, 5.74) is 9.72. The Morgan fingerprint density at radius 3 is 2.57 bits per heavy atom. The fourth-order valence-corrected chi connectivity index (χ4v) is 1.50. The predicted octanol–water partition coefficient (Wildman–Crippen LogP) is 1.56. The van der Waals surface area contributed by atoms with Gasteiger partial charge in [0.05, 0.1) is 0 Å². The second-order valence-electron chi connectivity index (χ2n) is 3.90. The lowest BCUT2D eigenvalue weighted by molar-refractivity contribution is 0.275. The molecule has 2 heteroatoms. The van der Waals surface area contributed by atoms with Crippen molar-refractivity contribution in [1.82, 2.24) is 0 Å². The Balaban J connectivity index is 2.63. The average molecular weight is 193 g/mol. The van der Waals surface area contributed by atoms with E-state index in [9.17, 15) is 0 Å². The molecule has 78 valence electrons. The molecule has 0 aliphatic rings. The second-order valence-corrected chi connectivity index (χ2v) is 3.90. The summed E-state index contributed by atoms with van der Waals surface area (Å²) in [4.78, 5) is 0. The van der Waals surface area contributed by atoms with Crippen molar-refractivity contribution in [2.45, 2.75) is 32.7 Å². The van der Waals surface area contributed by atoms with Crippen molar-refractivity contribution < 1.29 is 5.11 Å². The number of aryl methyl sites for hydroxylation is 2. The van der Waals surface area contributed by atoms with Gasteiger partial charge in [-0.05, 0) is 43.4 Å². The van der Waals surface area contributed by atoms with Gasteiger partial charge < -0.3 is 10.8 Å². The van der Waals surface area contributed by atoms with Gasteiger partial charge in [-0.2, -0.15) is 0 Å². The molecular formula is C12H19NO. The summed E-state index contributed by atoms with van der Waals surface area (Å²) in [6.45, 7) is 4.38. The molecule has 0 aromatic heterocycles. The van der Waals surface area contributed by atoms with Crippen LogP contribution in [0.3, 0.4) is 0 Å². The van der Waals surface area contributed by atoms with Gasteiger partial charge in [0.1, 0.15) is 0 Å². The molecule has 2 nitrogen and oxygen atoms in total. The van der Waals surface area contributed by atoms with Crippen LogP contribution in [0.5, 0.6) is 0 Å². The first kappa shape index (κ1) is 11.2. The molecule has 0 saturated heterocycles. The van der Waals surface area contributed by atoms with Gasteiger partial charge in [0.2, 0.25) is 0 Å². The van der Waals surface area contributed by atoms with E-state index in [1.807, 2.05) is 0 Å². The van der Waals surface area contributed by atoms with Gasteiger partial charge in [-0.25, -0.2) is 0 Å². The Kier molecular flexibility index (Phi) is 4.11. The highest BCUT2D eigenvalue weighted by molar-refractivity contribution is 5.30. The van der Waals surface area contributed by atoms with Crippen LogP contribution in [0.4, 0.5) is 0 Å². The molecule has 1 atom stereocenters. The van der Waals surface area contributed by atoms with Crippen molar-refractivity contribution in [1.29, 1.82) is 0 Å². The number of aliphatic hydroxyl groups is 1. The Hall–Kier alpha value is -0.860. The zero-order valence-electron chi connectivity index (χ0n) is 8.96. The van der Waals surface area contributed by atoms with Crippen molar-refractivity contribution >= 4 is 0 Å². The van der Waals surface area contributed by atoms with Gasteiger partial charge in [-0.15, -0.1) is 0 Å². The summed E-state index contributed by atoms with van der Waals surface area (Å²) in [7, 11) is 0. The highest BCUT2D eigenvalue weighted by atomic mass is 16.3. The molecule has 0 spiro atoms. The monoisotopic (exact) mass is 193 g/mol. The minimum atomic E-state index is 0.0714. The van der Waals surface area contributed by atoms with Crippen molar-refractivity contribution in [3.63, 3.8) is 0 Å². The Morgan fingerprint density at radius 2 is 2.00 bits per heavy atom. The SMILES string of the molecule is Cc1ccc(CC(N)CCO)cc1C. The van der Waals surface area contributed by atoms with Crippen molar-refractivity contribution in [3.8, 4) is 0 Å². The molecule has 0 amide bonds. The van der Waals surface area contributed by atoms with Crippen LogP contribution >= 0.6 is 0 Å². The van der Waals surface area contributed by atoms with E-state index in [2.05, 4.69) is 32.0 Å². The molecule has 0 aliphatic carbocycles. The number of aliphatic hydroxyl groups excluding tert-OH is 1. The first-order valence-corrected chi connectivity index (χ1v) is 5.06. The third-order valence-electron chi connectivity index (χ3n) is 2.57. The lowest BCUT2D eigenvalue weighted by Crippen LogP contribution is -2.24. The molecule has 1 aromatic carbocycles. The Morgan fingerprint density at radius 1 is 1.29 bits per heavy atom. The summed E-state index contributed by atoms with van der Waals surface area (Å²) in [5.74, 6) is 0. The molecule has 0 radical (unpaired) electrons. The van der Waals surface area contributed by atoms with Crippen molar-refractivity contribution in [2.24, 2.45) is 5.73 Å². The van der Waals surface area contributed by atoms with Gasteiger partial charge >= 0.3 is 0 Å². The zero-order chi connectivity index (χ0) is 10.6. The smallest absolute Gasteiger partial charge is 0.0445 e. The average Bonchev–Trinajstić information content (AvgIpc) is 2.12. The van der Waals surface area contributed by atoms with Crippen LogP contribution in [0.25, 0.3) is 0 Å². The Bertz CT molecular complexity index is 296. The minimum Gasteiger partial charge on any atom is -0.396 e. The fraction of sp³-hybridized carbons (Fsp3) is 0.500. The summed E-state index contributed by atoms with van der Waals surface area (Å²) in [6.07, 6.45) is 1.52. The lowest BCUT2D eigenvalue weighted by atomic mass is 10.0. The first-order chi connectivity index (χ1) is 6.63. The van der Waals surface area contributed by atoms with E-state index in [4.69, 9.17) is 10.8 Å².